The molecule has 0 saturated carbocycles. The van der Waals surface area contributed by atoms with Crippen LogP contribution in [0.3, 0.4) is 0 Å². The van der Waals surface area contributed by atoms with E-state index in [1.165, 1.54) is 0 Å². The van der Waals surface area contributed by atoms with Crippen LogP contribution in [0.1, 0.15) is 8.56 Å². The van der Waals surface area contributed by atoms with Gasteiger partial charge in [0.25, 0.3) is 0 Å². The molecule has 0 aromatic heterocycles. The molecule has 0 saturated heterocycles. The summed E-state index contributed by atoms with van der Waals surface area (Å²) in [6.07, 6.45) is 0. The van der Waals surface area contributed by atoms with Gasteiger partial charge in [-0.1, -0.05) is 0 Å². The minimum atomic E-state index is -0.500. The van der Waals surface area contributed by atoms with Gasteiger partial charge in [0.2, 0.25) is 0 Å². The Morgan fingerprint density at radius 2 is 1.38 bits per heavy atom. The van der Waals surface area contributed by atoms with Crippen molar-refractivity contribution in [3.8, 4) is 0 Å². The first-order valence-corrected chi connectivity index (χ1v) is 0.471. The Morgan fingerprint density at radius 1 is 1.38 bits per heavy atom. The molecule has 0 atom stereocenters. The van der Waals surface area contributed by atoms with Gasteiger partial charge in [-0.25, -0.2) is 0 Å². The van der Waals surface area contributed by atoms with Crippen LogP contribution in [0.5, 0.6) is 0 Å². The molecule has 0 aromatic carbocycles. The number of hydrogen-bond acceptors (Lipinski definition) is 2. The van der Waals surface area contributed by atoms with E-state index in [4.69, 9.17) is 9.73 Å². The van der Waals surface area contributed by atoms with Crippen LogP contribution >= 0.6 is 0 Å². The molecule has 47 valence electrons. The van der Waals surface area contributed by atoms with Crippen molar-refractivity contribution in [1.29, 1.82) is 0 Å². The molecule has 4 N–H and O–H groups in total. The van der Waals surface area contributed by atoms with Gasteiger partial charge in [-0.2, -0.15) is 0 Å². The smallest absolute Gasteiger partial charge is 1.00 e. The van der Waals surface area contributed by atoms with Gasteiger partial charge < -0.3 is 12.4 Å². The normalized spacial score (nSPS) is 1.00. The third kappa shape index (κ3) is 124. The van der Waals surface area contributed by atoms with E-state index < -0.39 is 7.35 Å². The summed E-state index contributed by atoms with van der Waals surface area (Å²) in [5, 5.41) is 8.25. The molecule has 0 fully saturated rings. The summed E-state index contributed by atoms with van der Waals surface area (Å²) in [5.41, 5.74) is 0. The number of rotatable bonds is 0. The maximum atomic E-state index is 8.25. The van der Waals surface area contributed by atoms with Crippen LogP contribution < -0.4 is 64.1 Å². The quantitative estimate of drug-likeness (QED) is 0.317. The first-order chi connectivity index (χ1) is 1.41. The molecule has 0 rings (SSSR count). The van der Waals surface area contributed by atoms with Crippen LogP contribution in [-0.4, -0.2) is 26.7 Å². The fourth-order valence-corrected chi connectivity index (χ4v) is 0. The second-order valence-corrected chi connectivity index (χ2v) is 0.0962. The van der Waals surface area contributed by atoms with Gasteiger partial charge >= 0.3 is 76.2 Å². The van der Waals surface area contributed by atoms with Crippen LogP contribution in [0.4, 0.5) is 0 Å². The van der Waals surface area contributed by atoms with Crippen molar-refractivity contribution in [3.63, 3.8) is 0 Å². The van der Waals surface area contributed by atoms with Crippen molar-refractivity contribution >= 4 is 15.8 Å². The number of hydrogen-bond donors (Lipinski definition) is 0. The van der Waals surface area contributed by atoms with E-state index in [-0.39, 0.29) is 87.0 Å². The molecule has 0 aromatic rings. The predicted molar refractivity (Wildman–Crippen MR) is 31.1 cm³/mol. The van der Waals surface area contributed by atoms with Gasteiger partial charge in [-0.05, 0) is 0 Å². The Morgan fingerprint density at radius 3 is 1.38 bits per heavy atom. The Labute approximate surface area is 103 Å². The molecule has 0 bridgehead atoms. The van der Waals surface area contributed by atoms with Crippen molar-refractivity contribution in [2.24, 2.45) is 0 Å². The largest absolute Gasteiger partial charge is 1.00 e. The molecule has 0 aliphatic carbocycles. The zero-order chi connectivity index (χ0) is 2.71. The fourth-order valence-electron chi connectivity index (χ4n) is 0. The molecule has 0 spiro atoms. The van der Waals surface area contributed by atoms with Gasteiger partial charge in [0, 0.05) is 15.5 Å². The van der Waals surface area contributed by atoms with Gasteiger partial charge in [-0.15, -0.1) is 0 Å². The molecule has 4 nitrogen and oxygen atoms in total. The van der Waals surface area contributed by atoms with Crippen LogP contribution in [-0.2, 0) is 4.70 Å². The van der Waals surface area contributed by atoms with Crippen molar-refractivity contribution in [2.45, 2.75) is 0 Å². The minimum absolute atomic E-state index is 0. The summed E-state index contributed by atoms with van der Waals surface area (Å²) in [4.78, 5) is 0. The second-order valence-electron chi connectivity index (χ2n) is 0.0962. The molecular formula is H15B2Na2O4. The summed E-state index contributed by atoms with van der Waals surface area (Å²) in [5.74, 6) is 0. The first kappa shape index (κ1) is 54.2. The van der Waals surface area contributed by atoms with Crippen molar-refractivity contribution < 1.29 is 88.4 Å². The molecule has 3 radical (unpaired) electrons. The van der Waals surface area contributed by atoms with E-state index in [1.54, 1.807) is 0 Å². The minimum Gasteiger partial charge on any atom is -1.00 e. The van der Waals surface area contributed by atoms with Crippen molar-refractivity contribution in [3.05, 3.63) is 0 Å². The van der Waals surface area contributed by atoms with E-state index >= 15 is 0 Å². The Kier molecular flexibility index (Phi) is 488. The molecule has 8 heteroatoms. The zero-order valence-electron chi connectivity index (χ0n) is 5.97. The van der Waals surface area contributed by atoms with Gasteiger partial charge in [0.05, 0.1) is 0 Å². The SMILES string of the molecule is O.O.O=B[O-].[B].[H-].[HH].[HH].[HH].[HH].[HH].[Na+].[Na+]. The van der Waals surface area contributed by atoms with Gasteiger partial charge in [-0.3, -0.25) is 0 Å². The molecule has 0 aliphatic heterocycles. The van der Waals surface area contributed by atoms with Gasteiger partial charge in [0.15, 0.2) is 0 Å². The van der Waals surface area contributed by atoms with Crippen molar-refractivity contribution in [2.75, 3.05) is 0 Å². The molecule has 0 unspecified atom stereocenters. The average Bonchev–Trinajstić information content (AvgIpc) is 0.918. The van der Waals surface area contributed by atoms with E-state index in [0.29, 0.717) is 0 Å². The maximum Gasteiger partial charge on any atom is 1.00 e. The van der Waals surface area contributed by atoms with Crippen LogP contribution in [0.25, 0.3) is 0 Å². The first-order valence-electron chi connectivity index (χ1n) is 0.471. The molecule has 8 heavy (non-hydrogen) atoms. The van der Waals surface area contributed by atoms with Crippen LogP contribution in [0.2, 0.25) is 0 Å². The average molecular weight is 147 g/mol. The summed E-state index contributed by atoms with van der Waals surface area (Å²) < 4.78 is 8.25. The van der Waals surface area contributed by atoms with E-state index in [9.17, 15) is 0 Å². The van der Waals surface area contributed by atoms with E-state index in [2.05, 4.69) is 0 Å². The standard InChI is InChI=1S/BO2.B.2Na.2H2O.5H2.H/c2-1-3;;;;;;;;;;;/h;;;;2*1H2;5*1H;/q-1;;2*+1;;;;;;;;-1. The van der Waals surface area contributed by atoms with E-state index in [0.717, 1.165) is 0 Å². The Hall–Kier alpha value is 1.65. The van der Waals surface area contributed by atoms with Crippen molar-refractivity contribution in [1.82, 2.24) is 0 Å². The van der Waals surface area contributed by atoms with Crippen LogP contribution in [0.15, 0.2) is 0 Å². The van der Waals surface area contributed by atoms with Gasteiger partial charge in [0.1, 0.15) is 0 Å². The zero-order valence-corrected chi connectivity index (χ0v) is 8.97. The fraction of sp³-hybridized carbons (Fsp3) is 0. The predicted octanol–water partition coefficient (Wildman–Crippen LogP) is -8.37. The summed E-state index contributed by atoms with van der Waals surface area (Å²) in [6, 6.07) is 0. The third-order valence-electron chi connectivity index (χ3n) is 0. The van der Waals surface area contributed by atoms with Crippen LogP contribution in [0, 0.1) is 0 Å². The van der Waals surface area contributed by atoms with E-state index in [1.807, 2.05) is 0 Å². The molecule has 0 heterocycles. The molecular weight excluding hydrogens is 132 g/mol. The summed E-state index contributed by atoms with van der Waals surface area (Å²) in [6.45, 7) is 0. The Balaban J connectivity index is -0.000000000364. The molecule has 0 amide bonds. The molecule has 0 aliphatic rings. The summed E-state index contributed by atoms with van der Waals surface area (Å²) >= 11 is 0. The second kappa shape index (κ2) is 72.1. The third-order valence-corrected chi connectivity index (χ3v) is 0. The monoisotopic (exact) mass is 147 g/mol. The summed E-state index contributed by atoms with van der Waals surface area (Å²) in [7, 11) is -0.500. The maximum absolute atomic E-state index is 8.25. The Bertz CT molecular complexity index is 33.3. The topological polar surface area (TPSA) is 103 Å².